The van der Waals surface area contributed by atoms with Crippen LogP contribution in [0.2, 0.25) is 0 Å². The first-order valence-corrected chi connectivity index (χ1v) is 8.98. The largest absolute Gasteiger partial charge is 0.497 e. The molecule has 1 unspecified atom stereocenters. The van der Waals surface area contributed by atoms with E-state index in [1.54, 1.807) is 38.3 Å². The number of anilines is 1. The Morgan fingerprint density at radius 1 is 1.23 bits per heavy atom. The van der Waals surface area contributed by atoms with E-state index < -0.39 is 6.10 Å². The van der Waals surface area contributed by atoms with E-state index in [1.165, 1.54) is 11.3 Å². The first kappa shape index (κ1) is 18.0. The maximum absolute atomic E-state index is 12.3. The number of methoxy groups -OCH3 is 1. The molecule has 0 bridgehead atoms. The third-order valence-electron chi connectivity index (χ3n) is 3.79. The summed E-state index contributed by atoms with van der Waals surface area (Å²) in [6, 6.07) is 9.01. The van der Waals surface area contributed by atoms with Crippen LogP contribution >= 0.6 is 11.3 Å². The topological polar surface area (TPSA) is 73.6 Å². The fourth-order valence-corrected chi connectivity index (χ4v) is 3.17. The van der Waals surface area contributed by atoms with Crippen LogP contribution in [0.25, 0.3) is 11.3 Å². The number of carbonyl (C=O) groups excluding carboxylic acids is 1. The van der Waals surface area contributed by atoms with Crippen molar-refractivity contribution in [2.24, 2.45) is 0 Å². The van der Waals surface area contributed by atoms with Crippen molar-refractivity contribution < 1.29 is 18.7 Å². The fourth-order valence-electron chi connectivity index (χ4n) is 2.46. The van der Waals surface area contributed by atoms with E-state index in [0.717, 1.165) is 28.5 Å². The number of aryl methyl sites for hydroxylation is 2. The van der Waals surface area contributed by atoms with Crippen molar-refractivity contribution in [3.63, 3.8) is 0 Å². The summed E-state index contributed by atoms with van der Waals surface area (Å²) in [5, 5.41) is 5.20. The van der Waals surface area contributed by atoms with E-state index in [2.05, 4.69) is 10.3 Å². The summed E-state index contributed by atoms with van der Waals surface area (Å²) in [5.41, 5.74) is 1.71. The first-order chi connectivity index (χ1) is 12.5. The number of rotatable bonds is 6. The summed E-state index contributed by atoms with van der Waals surface area (Å²) in [5.74, 6) is 2.70. The van der Waals surface area contributed by atoms with Gasteiger partial charge < -0.3 is 13.9 Å². The first-order valence-electron chi connectivity index (χ1n) is 8.11. The van der Waals surface area contributed by atoms with Crippen LogP contribution in [0.1, 0.15) is 18.4 Å². The summed E-state index contributed by atoms with van der Waals surface area (Å²) in [6.07, 6.45) is -0.659. The Bertz CT molecular complexity index is 899. The molecule has 136 valence electrons. The minimum atomic E-state index is -0.659. The van der Waals surface area contributed by atoms with E-state index in [9.17, 15) is 4.79 Å². The lowest BCUT2D eigenvalue weighted by Gasteiger charge is -2.13. The lowest BCUT2D eigenvalue weighted by Crippen LogP contribution is -2.30. The molecule has 1 amide bonds. The van der Waals surface area contributed by atoms with E-state index in [1.807, 2.05) is 25.3 Å². The molecule has 0 spiro atoms. The smallest absolute Gasteiger partial charge is 0.266 e. The van der Waals surface area contributed by atoms with E-state index in [0.29, 0.717) is 10.9 Å². The minimum absolute atomic E-state index is 0.262. The van der Waals surface area contributed by atoms with Gasteiger partial charge in [0.05, 0.1) is 12.8 Å². The van der Waals surface area contributed by atoms with Gasteiger partial charge in [-0.2, -0.15) is 0 Å². The maximum Gasteiger partial charge on any atom is 0.266 e. The Hall–Kier alpha value is -2.80. The molecule has 0 aliphatic carbocycles. The highest BCUT2D eigenvalue weighted by molar-refractivity contribution is 7.14. The Labute approximate surface area is 155 Å². The van der Waals surface area contributed by atoms with Crippen LogP contribution in [-0.4, -0.2) is 24.1 Å². The third kappa shape index (κ3) is 4.05. The highest BCUT2D eigenvalue weighted by atomic mass is 32.1. The Morgan fingerprint density at radius 3 is 2.54 bits per heavy atom. The molecule has 0 fully saturated rings. The van der Waals surface area contributed by atoms with E-state index in [-0.39, 0.29) is 5.91 Å². The molecule has 6 nitrogen and oxygen atoms in total. The van der Waals surface area contributed by atoms with Gasteiger partial charge in [-0.05, 0) is 51.1 Å². The van der Waals surface area contributed by atoms with Gasteiger partial charge in [0.2, 0.25) is 0 Å². The van der Waals surface area contributed by atoms with E-state index in [4.69, 9.17) is 13.9 Å². The van der Waals surface area contributed by atoms with Crippen LogP contribution in [0, 0.1) is 13.8 Å². The van der Waals surface area contributed by atoms with Gasteiger partial charge in [-0.1, -0.05) is 0 Å². The van der Waals surface area contributed by atoms with Gasteiger partial charge in [-0.3, -0.25) is 10.1 Å². The van der Waals surface area contributed by atoms with Gasteiger partial charge >= 0.3 is 0 Å². The predicted octanol–water partition coefficient (Wildman–Crippen LogP) is 4.43. The van der Waals surface area contributed by atoms with Gasteiger partial charge in [-0.15, -0.1) is 11.3 Å². The molecule has 1 N–H and O–H groups in total. The summed E-state index contributed by atoms with van der Waals surface area (Å²) in [4.78, 5) is 16.8. The number of furan rings is 1. The normalized spacial score (nSPS) is 11.8. The van der Waals surface area contributed by atoms with Crippen molar-refractivity contribution in [3.8, 4) is 22.8 Å². The lowest BCUT2D eigenvalue weighted by atomic mass is 10.2. The third-order valence-corrected chi connectivity index (χ3v) is 4.55. The van der Waals surface area contributed by atoms with Crippen LogP contribution in [0.5, 0.6) is 11.5 Å². The number of carbonyl (C=O) groups is 1. The summed E-state index contributed by atoms with van der Waals surface area (Å²) >= 11 is 1.36. The second-order valence-corrected chi connectivity index (χ2v) is 6.65. The van der Waals surface area contributed by atoms with E-state index >= 15 is 0 Å². The number of hydrogen-bond donors (Lipinski definition) is 1. The summed E-state index contributed by atoms with van der Waals surface area (Å²) < 4.78 is 16.3. The average Bonchev–Trinajstić information content (AvgIpc) is 3.21. The van der Waals surface area contributed by atoms with Crippen LogP contribution in [0.3, 0.4) is 0 Å². The molecule has 1 aromatic carbocycles. The molecule has 3 rings (SSSR count). The number of nitrogens with zero attached hydrogens (tertiary/aromatic N) is 1. The maximum atomic E-state index is 12.3. The second-order valence-electron chi connectivity index (χ2n) is 5.79. The van der Waals surface area contributed by atoms with Crippen LogP contribution < -0.4 is 14.8 Å². The molecular weight excluding hydrogens is 352 g/mol. The van der Waals surface area contributed by atoms with Crippen LogP contribution in [0.4, 0.5) is 5.13 Å². The highest BCUT2D eigenvalue weighted by Gasteiger charge is 2.18. The Balaban J connectivity index is 1.63. The fraction of sp³-hybridized carbons (Fsp3) is 0.263. The Morgan fingerprint density at radius 2 is 1.92 bits per heavy atom. The molecule has 26 heavy (non-hydrogen) atoms. The van der Waals surface area contributed by atoms with Gasteiger partial charge in [0.1, 0.15) is 23.0 Å². The summed E-state index contributed by atoms with van der Waals surface area (Å²) in [7, 11) is 1.60. The molecule has 0 saturated heterocycles. The molecule has 2 heterocycles. The van der Waals surface area contributed by atoms with Gasteiger partial charge in [0, 0.05) is 10.9 Å². The molecular formula is C19H20N2O4S. The molecule has 2 aromatic heterocycles. The molecule has 1 atom stereocenters. The number of benzene rings is 1. The van der Waals surface area contributed by atoms with Gasteiger partial charge in [-0.25, -0.2) is 4.98 Å². The van der Waals surface area contributed by atoms with Crippen molar-refractivity contribution in [3.05, 3.63) is 47.2 Å². The number of ether oxygens (including phenoxy) is 2. The van der Waals surface area contributed by atoms with Crippen molar-refractivity contribution in [1.82, 2.24) is 4.98 Å². The molecule has 0 radical (unpaired) electrons. The van der Waals surface area contributed by atoms with Gasteiger partial charge in [0.25, 0.3) is 5.91 Å². The SMILES string of the molecule is COc1ccc(OC(C)C(=O)Nc2nc(-c3cc(C)oc3C)cs2)cc1. The number of thiazole rings is 1. The van der Waals surface area contributed by atoms with Crippen LogP contribution in [0.15, 0.2) is 40.1 Å². The number of nitrogens with one attached hydrogen (secondary N) is 1. The zero-order valence-corrected chi connectivity index (χ0v) is 15.8. The molecule has 0 aliphatic heterocycles. The van der Waals surface area contributed by atoms with Crippen molar-refractivity contribution in [2.75, 3.05) is 12.4 Å². The van der Waals surface area contributed by atoms with Crippen molar-refractivity contribution in [1.29, 1.82) is 0 Å². The Kier molecular flexibility index (Phi) is 5.27. The average molecular weight is 372 g/mol. The second kappa shape index (κ2) is 7.61. The number of aromatic nitrogens is 1. The highest BCUT2D eigenvalue weighted by Crippen LogP contribution is 2.29. The minimum Gasteiger partial charge on any atom is -0.497 e. The monoisotopic (exact) mass is 372 g/mol. The molecule has 0 aliphatic rings. The molecule has 3 aromatic rings. The molecule has 7 heteroatoms. The summed E-state index contributed by atoms with van der Waals surface area (Å²) in [6.45, 7) is 5.48. The van der Waals surface area contributed by atoms with Crippen molar-refractivity contribution >= 4 is 22.4 Å². The zero-order valence-electron chi connectivity index (χ0n) is 15.0. The number of amides is 1. The quantitative estimate of drug-likeness (QED) is 0.693. The lowest BCUT2D eigenvalue weighted by molar-refractivity contribution is -0.122. The van der Waals surface area contributed by atoms with Crippen molar-refractivity contribution in [2.45, 2.75) is 26.9 Å². The van der Waals surface area contributed by atoms with Crippen LogP contribution in [-0.2, 0) is 4.79 Å². The predicted molar refractivity (Wildman–Crippen MR) is 101 cm³/mol. The zero-order chi connectivity index (χ0) is 18.7. The van der Waals surface area contributed by atoms with Gasteiger partial charge in [0.15, 0.2) is 11.2 Å². The standard InChI is InChI=1S/C19H20N2O4S/c1-11-9-16(12(2)24-11)17-10-26-19(20-17)21-18(22)13(3)25-15-7-5-14(23-4)6-8-15/h5-10,13H,1-4H3,(H,20,21,22). The number of hydrogen-bond acceptors (Lipinski definition) is 6. The molecule has 0 saturated carbocycles.